The molecular formula is C23H30Br2Cl2N2O2. The predicted octanol–water partition coefficient (Wildman–Crippen LogP) is 6.10. The summed E-state index contributed by atoms with van der Waals surface area (Å²) in [6.07, 6.45) is 2.40. The minimum atomic E-state index is 0. The van der Waals surface area contributed by atoms with Gasteiger partial charge in [0.2, 0.25) is 0 Å². The Hall–Kier alpha value is -0.340. The fraction of sp³-hybridized carbons (Fsp3) is 0.478. The number of para-hydroxylation sites is 1. The van der Waals surface area contributed by atoms with Crippen molar-refractivity contribution in [2.75, 3.05) is 33.8 Å². The van der Waals surface area contributed by atoms with Gasteiger partial charge in [0.25, 0.3) is 0 Å². The average Bonchev–Trinajstić information content (AvgIpc) is 2.71. The van der Waals surface area contributed by atoms with Gasteiger partial charge in [-0.05, 0) is 56.8 Å². The average molecular weight is 597 g/mol. The largest absolute Gasteiger partial charge is 0.490 e. The van der Waals surface area contributed by atoms with Crippen molar-refractivity contribution in [1.29, 1.82) is 0 Å². The number of nitrogens with zero attached hydrogens (tertiary/aromatic N) is 2. The molecule has 0 N–H and O–H groups in total. The summed E-state index contributed by atoms with van der Waals surface area (Å²) < 4.78 is 14.6. The van der Waals surface area contributed by atoms with Crippen LogP contribution in [0, 0.1) is 0 Å². The number of fused-ring (bicyclic) bond motifs is 1. The molecule has 2 aromatic rings. The van der Waals surface area contributed by atoms with E-state index in [1.165, 1.54) is 18.4 Å². The van der Waals surface area contributed by atoms with Gasteiger partial charge in [-0.15, -0.1) is 24.8 Å². The van der Waals surface area contributed by atoms with Crippen LogP contribution in [0.4, 0.5) is 0 Å². The molecule has 0 unspecified atom stereocenters. The monoisotopic (exact) mass is 594 g/mol. The maximum Gasteiger partial charge on any atom is 0.124 e. The van der Waals surface area contributed by atoms with Crippen LogP contribution >= 0.6 is 56.7 Å². The Morgan fingerprint density at radius 3 is 2.32 bits per heavy atom. The van der Waals surface area contributed by atoms with Crippen LogP contribution in [-0.4, -0.2) is 55.7 Å². The molecule has 0 aromatic heterocycles. The van der Waals surface area contributed by atoms with Crippen LogP contribution in [0.25, 0.3) is 0 Å². The number of likely N-dealkylation sites (tertiary alicyclic amines) is 1. The number of piperidine rings is 1. The summed E-state index contributed by atoms with van der Waals surface area (Å²) in [5.41, 5.74) is 2.40. The van der Waals surface area contributed by atoms with Crippen molar-refractivity contribution < 1.29 is 9.47 Å². The fourth-order valence-electron chi connectivity index (χ4n) is 4.47. The van der Waals surface area contributed by atoms with Gasteiger partial charge < -0.3 is 14.4 Å². The van der Waals surface area contributed by atoms with Gasteiger partial charge in [0, 0.05) is 33.6 Å². The Morgan fingerprint density at radius 2 is 1.68 bits per heavy atom. The highest BCUT2D eigenvalue weighted by Gasteiger charge is 2.37. The van der Waals surface area contributed by atoms with Gasteiger partial charge in [0.15, 0.2) is 0 Å². The second-order valence-electron chi connectivity index (χ2n) is 8.15. The SMILES string of the molecule is CN(C)C1CCN([C@H]2c3ccccc3OC[C@@H]2OCc2cc(Br)cc(Br)c2)CC1.Cl.Cl. The molecule has 0 amide bonds. The molecule has 8 heteroatoms. The van der Waals surface area contributed by atoms with Gasteiger partial charge in [-0.1, -0.05) is 50.1 Å². The molecule has 1 fully saturated rings. The molecule has 0 saturated carbocycles. The molecule has 0 bridgehead atoms. The molecule has 2 atom stereocenters. The highest BCUT2D eigenvalue weighted by atomic mass is 79.9. The summed E-state index contributed by atoms with van der Waals surface area (Å²) in [4.78, 5) is 4.96. The van der Waals surface area contributed by atoms with Gasteiger partial charge in [-0.2, -0.15) is 0 Å². The van der Waals surface area contributed by atoms with Crippen LogP contribution in [-0.2, 0) is 11.3 Å². The van der Waals surface area contributed by atoms with Crippen molar-refractivity contribution in [3.05, 3.63) is 62.5 Å². The van der Waals surface area contributed by atoms with Gasteiger partial charge in [-0.3, -0.25) is 4.90 Å². The van der Waals surface area contributed by atoms with Crippen molar-refractivity contribution in [1.82, 2.24) is 9.80 Å². The summed E-state index contributed by atoms with van der Waals surface area (Å²) in [6.45, 7) is 3.33. The molecule has 0 spiro atoms. The molecule has 31 heavy (non-hydrogen) atoms. The van der Waals surface area contributed by atoms with E-state index in [2.05, 4.69) is 86.1 Å². The molecular weight excluding hydrogens is 567 g/mol. The minimum absolute atomic E-state index is 0. The van der Waals surface area contributed by atoms with Crippen molar-refractivity contribution in [2.24, 2.45) is 0 Å². The van der Waals surface area contributed by atoms with E-state index in [1.807, 2.05) is 12.1 Å². The third-order valence-electron chi connectivity index (χ3n) is 6.00. The summed E-state index contributed by atoms with van der Waals surface area (Å²) in [5.74, 6) is 0.997. The van der Waals surface area contributed by atoms with E-state index in [9.17, 15) is 0 Å². The lowest BCUT2D eigenvalue weighted by Gasteiger charge is -2.44. The Labute approximate surface area is 214 Å². The number of benzene rings is 2. The highest BCUT2D eigenvalue weighted by molar-refractivity contribution is 9.11. The molecule has 4 rings (SSSR count). The van der Waals surface area contributed by atoms with E-state index >= 15 is 0 Å². The second-order valence-corrected chi connectivity index (χ2v) is 9.98. The first kappa shape index (κ1) is 26.9. The van der Waals surface area contributed by atoms with Crippen LogP contribution in [0.15, 0.2) is 51.4 Å². The standard InChI is InChI=1S/C23H28Br2N2O2.2ClH/c1-26(2)19-7-9-27(10-8-19)23-20-5-3-4-6-21(20)29-15-22(23)28-14-16-11-17(24)13-18(25)12-16;;/h3-6,11-13,19,22-23H,7-10,14-15H2,1-2H3;2*1H/t22-,23-;;/m0../s1. The smallest absolute Gasteiger partial charge is 0.124 e. The normalized spacial score (nSPS) is 21.6. The Balaban J connectivity index is 0.00000171. The first-order chi connectivity index (χ1) is 14.0. The number of rotatable bonds is 5. The van der Waals surface area contributed by atoms with Crippen molar-refractivity contribution in [2.45, 2.75) is 37.6 Å². The first-order valence-electron chi connectivity index (χ1n) is 10.2. The molecule has 0 radical (unpaired) electrons. The van der Waals surface area contributed by atoms with E-state index in [0.29, 0.717) is 19.3 Å². The topological polar surface area (TPSA) is 24.9 Å². The van der Waals surface area contributed by atoms with Crippen molar-refractivity contribution >= 4 is 56.7 Å². The third-order valence-corrected chi connectivity index (χ3v) is 6.92. The van der Waals surface area contributed by atoms with E-state index in [-0.39, 0.29) is 37.0 Å². The van der Waals surface area contributed by atoms with Crippen LogP contribution in [0.5, 0.6) is 5.75 Å². The molecule has 4 nitrogen and oxygen atoms in total. The zero-order chi connectivity index (χ0) is 20.4. The van der Waals surface area contributed by atoms with Crippen LogP contribution in [0.1, 0.15) is 30.0 Å². The highest BCUT2D eigenvalue weighted by Crippen LogP contribution is 2.39. The number of ether oxygens (including phenoxy) is 2. The summed E-state index contributed by atoms with van der Waals surface area (Å²) in [6, 6.07) is 15.6. The van der Waals surface area contributed by atoms with Crippen molar-refractivity contribution in [3.8, 4) is 5.75 Å². The zero-order valence-corrected chi connectivity index (χ0v) is 22.6. The molecule has 0 aliphatic carbocycles. The predicted molar refractivity (Wildman–Crippen MR) is 138 cm³/mol. The van der Waals surface area contributed by atoms with Gasteiger partial charge >= 0.3 is 0 Å². The van der Waals surface area contributed by atoms with Gasteiger partial charge in [-0.25, -0.2) is 0 Å². The summed E-state index contributed by atoms with van der Waals surface area (Å²) in [5, 5.41) is 0. The Bertz CT molecular complexity index is 828. The van der Waals surface area contributed by atoms with E-state index in [0.717, 1.165) is 33.3 Å². The fourth-order valence-corrected chi connectivity index (χ4v) is 5.86. The molecule has 2 aromatic carbocycles. The number of halogens is 4. The van der Waals surface area contributed by atoms with Crippen LogP contribution < -0.4 is 4.74 Å². The maximum absolute atomic E-state index is 6.46. The molecule has 172 valence electrons. The zero-order valence-electron chi connectivity index (χ0n) is 17.8. The van der Waals surface area contributed by atoms with Crippen LogP contribution in [0.2, 0.25) is 0 Å². The van der Waals surface area contributed by atoms with Crippen LogP contribution in [0.3, 0.4) is 0 Å². The molecule has 2 aliphatic heterocycles. The number of hydrogen-bond donors (Lipinski definition) is 0. The first-order valence-corrected chi connectivity index (χ1v) is 11.8. The summed E-state index contributed by atoms with van der Waals surface area (Å²) in [7, 11) is 4.37. The van der Waals surface area contributed by atoms with E-state index < -0.39 is 0 Å². The Morgan fingerprint density at radius 1 is 1.03 bits per heavy atom. The molecule has 2 aliphatic rings. The third kappa shape index (κ3) is 6.59. The lowest BCUT2D eigenvalue weighted by molar-refractivity contribution is -0.0667. The molecule has 1 saturated heterocycles. The van der Waals surface area contributed by atoms with Gasteiger partial charge in [0.1, 0.15) is 18.5 Å². The quantitative estimate of drug-likeness (QED) is 0.416. The van der Waals surface area contributed by atoms with Crippen molar-refractivity contribution in [3.63, 3.8) is 0 Å². The second kappa shape index (κ2) is 12.2. The lowest BCUT2D eigenvalue weighted by atomic mass is 9.93. The Kier molecular flexibility index (Phi) is 10.6. The maximum atomic E-state index is 6.46. The lowest BCUT2D eigenvalue weighted by Crippen LogP contribution is -2.49. The van der Waals surface area contributed by atoms with E-state index in [4.69, 9.17) is 9.47 Å². The number of hydrogen-bond acceptors (Lipinski definition) is 4. The van der Waals surface area contributed by atoms with E-state index in [1.54, 1.807) is 0 Å². The molecule has 2 heterocycles. The van der Waals surface area contributed by atoms with Gasteiger partial charge in [0.05, 0.1) is 12.6 Å². The minimum Gasteiger partial charge on any atom is -0.490 e. The summed E-state index contributed by atoms with van der Waals surface area (Å²) >= 11 is 7.14.